The first-order valence-electron chi connectivity index (χ1n) is 7.74. The molecule has 1 aromatic carbocycles. The predicted octanol–water partition coefficient (Wildman–Crippen LogP) is 1.91. The van der Waals surface area contributed by atoms with Crippen molar-refractivity contribution < 1.29 is 14.6 Å². The lowest BCUT2D eigenvalue weighted by molar-refractivity contribution is -0.144. The number of hydrogen-bond donors (Lipinski definition) is 3. The third-order valence-electron chi connectivity index (χ3n) is 3.64. The number of thiophene rings is 1. The molecule has 0 aliphatic rings. The van der Waals surface area contributed by atoms with Crippen molar-refractivity contribution in [1.82, 2.24) is 10.6 Å². The number of nitrogens with zero attached hydrogens (tertiary/aromatic N) is 1. The zero-order chi connectivity index (χ0) is 17.5. The van der Waals surface area contributed by atoms with Crippen molar-refractivity contribution in [2.75, 3.05) is 27.2 Å². The summed E-state index contributed by atoms with van der Waals surface area (Å²) in [5.74, 6) is -0.0183. The van der Waals surface area contributed by atoms with E-state index in [1.54, 1.807) is 25.3 Å². The number of esters is 1. The molecule has 0 bridgehead atoms. The first kappa shape index (κ1) is 18.2. The van der Waals surface area contributed by atoms with Gasteiger partial charge in [0, 0.05) is 29.7 Å². The van der Waals surface area contributed by atoms with Crippen molar-refractivity contribution in [2.45, 2.75) is 13.0 Å². The summed E-state index contributed by atoms with van der Waals surface area (Å²) in [4.78, 5) is 16.4. The summed E-state index contributed by atoms with van der Waals surface area (Å²) in [5.41, 5.74) is 0. The maximum Gasteiger partial charge on any atom is 0.310 e. The Morgan fingerprint density at radius 2 is 2.04 bits per heavy atom. The molecule has 6 nitrogen and oxygen atoms in total. The third-order valence-corrected chi connectivity index (χ3v) is 4.86. The van der Waals surface area contributed by atoms with Crippen LogP contribution in [0.5, 0.6) is 0 Å². The second-order valence-corrected chi connectivity index (χ2v) is 6.58. The third kappa shape index (κ3) is 4.69. The highest BCUT2D eigenvalue weighted by Gasteiger charge is 2.15. The highest BCUT2D eigenvalue weighted by atomic mass is 32.1. The molecule has 3 N–H and O–H groups in total. The van der Waals surface area contributed by atoms with Gasteiger partial charge in [-0.15, -0.1) is 11.3 Å². The van der Waals surface area contributed by atoms with Crippen LogP contribution in [0.25, 0.3) is 10.1 Å². The summed E-state index contributed by atoms with van der Waals surface area (Å²) in [7, 11) is 3.01. The Balaban J connectivity index is 1.87. The lowest BCUT2D eigenvalue weighted by atomic mass is 10.2. The van der Waals surface area contributed by atoms with Gasteiger partial charge in [0.25, 0.3) is 0 Å². The van der Waals surface area contributed by atoms with E-state index in [0.29, 0.717) is 19.0 Å². The number of guanidine groups is 1. The van der Waals surface area contributed by atoms with Gasteiger partial charge in [-0.1, -0.05) is 25.1 Å². The minimum absolute atomic E-state index is 0.275. The van der Waals surface area contributed by atoms with Crippen LogP contribution < -0.4 is 10.6 Å². The van der Waals surface area contributed by atoms with E-state index >= 15 is 0 Å². The van der Waals surface area contributed by atoms with Gasteiger partial charge in [-0.25, -0.2) is 0 Å². The van der Waals surface area contributed by atoms with Crippen molar-refractivity contribution >= 4 is 33.4 Å². The monoisotopic (exact) mass is 349 g/mol. The molecule has 0 aliphatic carbocycles. The number of carbonyl (C=O) groups excluding carboxylic acids is 1. The number of ether oxygens (including phenoxy) is 1. The highest BCUT2D eigenvalue weighted by molar-refractivity contribution is 7.19. The van der Waals surface area contributed by atoms with E-state index in [0.717, 1.165) is 15.0 Å². The van der Waals surface area contributed by atoms with E-state index in [-0.39, 0.29) is 11.9 Å². The van der Waals surface area contributed by atoms with Crippen LogP contribution in [0.2, 0.25) is 0 Å². The molecule has 1 aromatic heterocycles. The quantitative estimate of drug-likeness (QED) is 0.422. The van der Waals surface area contributed by atoms with Crippen LogP contribution in [-0.2, 0) is 9.53 Å². The summed E-state index contributed by atoms with van der Waals surface area (Å²) in [6, 6.07) is 10.0. The van der Waals surface area contributed by atoms with E-state index in [2.05, 4.69) is 20.4 Å². The standard InChI is InChI=1S/C17H23N3O3S/c1-11(16(22)23-3)9-19-17(18-2)20-10-13(21)15-8-12-6-4-5-7-14(12)24-15/h4-8,11,13,21H,9-10H2,1-3H3,(H2,18,19,20). The van der Waals surface area contributed by atoms with E-state index in [1.165, 1.54) is 7.11 Å². The molecule has 2 aromatic rings. The molecule has 1 heterocycles. The Bertz CT molecular complexity index is 681. The van der Waals surface area contributed by atoms with Gasteiger partial charge in [0.15, 0.2) is 5.96 Å². The molecular formula is C17H23N3O3S. The van der Waals surface area contributed by atoms with Crippen molar-refractivity contribution in [3.63, 3.8) is 0 Å². The number of hydrogen-bond acceptors (Lipinski definition) is 5. The van der Waals surface area contributed by atoms with Crippen LogP contribution in [0, 0.1) is 5.92 Å². The van der Waals surface area contributed by atoms with Crippen molar-refractivity contribution in [2.24, 2.45) is 10.9 Å². The summed E-state index contributed by atoms with van der Waals surface area (Å²) in [6.07, 6.45) is -0.626. The number of fused-ring (bicyclic) bond motifs is 1. The number of carbonyl (C=O) groups is 1. The second-order valence-electron chi connectivity index (χ2n) is 5.46. The Labute approximate surface area is 145 Å². The molecule has 0 aliphatic heterocycles. The van der Waals surface area contributed by atoms with Gasteiger partial charge >= 0.3 is 5.97 Å². The number of methoxy groups -OCH3 is 1. The van der Waals surface area contributed by atoms with Gasteiger partial charge < -0.3 is 20.5 Å². The summed E-state index contributed by atoms with van der Waals surface area (Å²) < 4.78 is 5.84. The fraction of sp³-hybridized carbons (Fsp3) is 0.412. The number of benzene rings is 1. The Morgan fingerprint density at radius 1 is 1.33 bits per heavy atom. The van der Waals surface area contributed by atoms with Crippen LogP contribution in [0.1, 0.15) is 17.9 Å². The van der Waals surface area contributed by atoms with Crippen molar-refractivity contribution in [3.05, 3.63) is 35.2 Å². The Hall–Kier alpha value is -2.12. The van der Waals surface area contributed by atoms with E-state index in [1.807, 2.05) is 30.3 Å². The van der Waals surface area contributed by atoms with E-state index < -0.39 is 6.10 Å². The molecule has 7 heteroatoms. The Morgan fingerprint density at radius 3 is 2.71 bits per heavy atom. The average Bonchev–Trinajstić information content (AvgIpc) is 3.04. The lowest BCUT2D eigenvalue weighted by Crippen LogP contribution is -2.42. The molecule has 0 saturated heterocycles. The minimum atomic E-state index is -0.626. The molecule has 2 unspecified atom stereocenters. The molecule has 2 atom stereocenters. The topological polar surface area (TPSA) is 83.0 Å². The van der Waals surface area contributed by atoms with Gasteiger partial charge in [-0.2, -0.15) is 0 Å². The molecule has 0 radical (unpaired) electrons. The minimum Gasteiger partial charge on any atom is -0.469 e. The molecule has 24 heavy (non-hydrogen) atoms. The zero-order valence-corrected chi connectivity index (χ0v) is 14.9. The van der Waals surface area contributed by atoms with Gasteiger partial charge in [0.2, 0.25) is 0 Å². The number of aliphatic hydroxyl groups excluding tert-OH is 1. The number of aliphatic imine (C=N–C) groups is 1. The van der Waals surface area contributed by atoms with Crippen LogP contribution in [0.4, 0.5) is 0 Å². The fourth-order valence-electron chi connectivity index (χ4n) is 2.22. The number of aliphatic hydroxyl groups is 1. The second kappa shape index (κ2) is 8.65. The lowest BCUT2D eigenvalue weighted by Gasteiger charge is -2.16. The fourth-order valence-corrected chi connectivity index (χ4v) is 3.27. The summed E-state index contributed by atoms with van der Waals surface area (Å²) in [6.45, 7) is 2.52. The average molecular weight is 349 g/mol. The van der Waals surface area contributed by atoms with Crippen LogP contribution in [-0.4, -0.2) is 44.3 Å². The smallest absolute Gasteiger partial charge is 0.310 e. The van der Waals surface area contributed by atoms with E-state index in [4.69, 9.17) is 0 Å². The Kier molecular flexibility index (Phi) is 6.57. The van der Waals surface area contributed by atoms with E-state index in [9.17, 15) is 9.90 Å². The molecule has 130 valence electrons. The predicted molar refractivity (Wildman–Crippen MR) is 97.3 cm³/mol. The van der Waals surface area contributed by atoms with Gasteiger partial charge in [-0.05, 0) is 17.5 Å². The normalized spacial score (nSPS) is 14.2. The van der Waals surface area contributed by atoms with Gasteiger partial charge in [0.05, 0.1) is 13.0 Å². The maximum absolute atomic E-state index is 11.4. The largest absolute Gasteiger partial charge is 0.469 e. The highest BCUT2D eigenvalue weighted by Crippen LogP contribution is 2.29. The summed E-state index contributed by atoms with van der Waals surface area (Å²) in [5, 5.41) is 17.6. The molecule has 2 rings (SSSR count). The van der Waals surface area contributed by atoms with Crippen molar-refractivity contribution in [1.29, 1.82) is 0 Å². The zero-order valence-electron chi connectivity index (χ0n) is 14.1. The number of rotatable bonds is 6. The summed E-state index contributed by atoms with van der Waals surface area (Å²) >= 11 is 1.58. The van der Waals surface area contributed by atoms with Crippen molar-refractivity contribution in [3.8, 4) is 0 Å². The molecule has 0 fully saturated rings. The van der Waals surface area contributed by atoms with Crippen LogP contribution in [0.15, 0.2) is 35.3 Å². The molecular weight excluding hydrogens is 326 g/mol. The molecule has 0 spiro atoms. The molecule has 0 amide bonds. The van der Waals surface area contributed by atoms with Crippen LogP contribution in [0.3, 0.4) is 0 Å². The maximum atomic E-state index is 11.4. The first-order chi connectivity index (χ1) is 11.5. The SMILES string of the molecule is CN=C(NCC(C)C(=O)OC)NCC(O)c1cc2ccccc2s1. The number of nitrogens with one attached hydrogen (secondary N) is 2. The van der Waals surface area contributed by atoms with Crippen LogP contribution >= 0.6 is 11.3 Å². The van der Waals surface area contributed by atoms with Gasteiger partial charge in [0.1, 0.15) is 6.10 Å². The first-order valence-corrected chi connectivity index (χ1v) is 8.55. The van der Waals surface area contributed by atoms with Gasteiger partial charge in [-0.3, -0.25) is 9.79 Å². The molecule has 0 saturated carbocycles.